The Labute approximate surface area is 377 Å². The molecule has 2 amide bonds. The molecule has 1 fully saturated rings. The Kier molecular flexibility index (Phi) is 14.3. The molecule has 4 heterocycles. The minimum atomic E-state index is -5.79. The first-order valence-corrected chi connectivity index (χ1v) is 24.5. The molecule has 1 aromatic heterocycles. The number of phosphoric acid groups is 3. The molecule has 3 aliphatic heterocycles. The third-order valence-electron chi connectivity index (χ3n) is 10.4. The van der Waals surface area contributed by atoms with E-state index in [0.717, 1.165) is 10.8 Å². The van der Waals surface area contributed by atoms with Crippen molar-refractivity contribution in [2.45, 2.75) is 56.1 Å². The van der Waals surface area contributed by atoms with Crippen LogP contribution in [-0.2, 0) is 46.7 Å². The summed E-state index contributed by atoms with van der Waals surface area (Å²) >= 11 is 0. The Bertz CT molecular complexity index is 2860. The predicted molar refractivity (Wildman–Crippen MR) is 227 cm³/mol. The van der Waals surface area contributed by atoms with Crippen LogP contribution in [0.3, 0.4) is 0 Å². The quantitative estimate of drug-likeness (QED) is 0.0389. The number of phosphoric ester groups is 1. The van der Waals surface area contributed by atoms with E-state index < -0.39 is 77.2 Å². The first-order valence-electron chi connectivity index (χ1n) is 20.0. The summed E-state index contributed by atoms with van der Waals surface area (Å²) in [6.07, 6.45) is 1.09. The van der Waals surface area contributed by atoms with Crippen LogP contribution in [0, 0.1) is 0 Å². The zero-order valence-electron chi connectivity index (χ0n) is 34.5. The molecule has 67 heavy (non-hydrogen) atoms. The van der Waals surface area contributed by atoms with Crippen molar-refractivity contribution in [3.63, 3.8) is 0 Å². The number of aliphatic hydroxyl groups is 1. The number of phenols is 2. The smallest absolute Gasteiger partial charge is 0.490 e. The molecular formula is C39H41N4O21P3. The molecule has 358 valence electrons. The van der Waals surface area contributed by atoms with Crippen LogP contribution in [0.15, 0.2) is 76.5 Å². The topological polar surface area (TPSA) is 378 Å². The normalized spacial score (nSPS) is 20.0. The predicted octanol–water partition coefficient (Wildman–Crippen LogP) is 2.63. The number of fused-ring (bicyclic) bond motifs is 6. The van der Waals surface area contributed by atoms with Crippen LogP contribution in [0.1, 0.15) is 81.3 Å². The number of rotatable bonds is 18. The lowest BCUT2D eigenvalue weighted by molar-refractivity contribution is -0.121. The largest absolute Gasteiger partial charge is 0.508 e. The number of hydrogen-bond donors (Lipinski definition) is 10. The molecule has 3 aromatic carbocycles. The van der Waals surface area contributed by atoms with Gasteiger partial charge in [0, 0.05) is 66.5 Å². The molecule has 0 saturated carbocycles. The maximum atomic E-state index is 13.4. The van der Waals surface area contributed by atoms with Gasteiger partial charge in [0.1, 0.15) is 35.3 Å². The van der Waals surface area contributed by atoms with Gasteiger partial charge in [-0.1, -0.05) is 24.6 Å². The number of carbonyl (C=O) groups is 3. The Balaban J connectivity index is 0.848. The molecule has 5 atom stereocenters. The Morgan fingerprint density at radius 3 is 2.21 bits per heavy atom. The van der Waals surface area contributed by atoms with Crippen LogP contribution in [0.2, 0.25) is 0 Å². The van der Waals surface area contributed by atoms with E-state index in [1.807, 2.05) is 0 Å². The summed E-state index contributed by atoms with van der Waals surface area (Å²) in [5.74, 6) is -1.17. The third-order valence-corrected chi connectivity index (χ3v) is 14.2. The second kappa shape index (κ2) is 19.4. The standard InChI is InChI=1S/C39H41N4O21P3/c44-23-8-11-27-30(16-23)60-31-17-24(45)9-12-28(31)39(27)26-10-7-21(15-25(26)37(50)62-39)35(48)41-13-3-1-2-6-33(47)40-14-4-5-22-19-43(38(51)42-36(22)49)34-18-29(46)32(61-34)20-59-66(55,56)64-67(57,58)63-65(52,53)54/h4-5,7-12,15-17,19,29,32,34,44-46H,1-3,6,13-14,18,20H2,(H,40,47)(H,41,48)(H,55,56)(H,57,58)(H,42,49,51)(H2,52,53,54)/b5-4+/t29-,32+,34+/m0/s1. The Morgan fingerprint density at radius 2 is 1.54 bits per heavy atom. The van der Waals surface area contributed by atoms with E-state index in [4.69, 9.17) is 24.0 Å². The molecule has 28 heteroatoms. The van der Waals surface area contributed by atoms with Gasteiger partial charge in [-0.2, -0.15) is 8.62 Å². The number of benzene rings is 3. The molecule has 1 spiro atoms. The van der Waals surface area contributed by atoms with Crippen molar-refractivity contribution in [1.29, 1.82) is 0 Å². The number of ether oxygens (including phenoxy) is 3. The number of unbranched alkanes of at least 4 members (excludes halogenated alkanes) is 2. The number of H-pyrrole nitrogens is 1. The van der Waals surface area contributed by atoms with Gasteiger partial charge in [-0.15, -0.1) is 0 Å². The number of nitrogens with zero attached hydrogens (tertiary/aromatic N) is 1. The van der Waals surface area contributed by atoms with Crippen LogP contribution in [0.5, 0.6) is 23.0 Å². The number of carbonyl (C=O) groups excluding carboxylic acids is 3. The minimum Gasteiger partial charge on any atom is -0.508 e. The second-order valence-corrected chi connectivity index (χ2v) is 19.6. The van der Waals surface area contributed by atoms with Gasteiger partial charge in [0.15, 0.2) is 5.60 Å². The number of hydrogen-bond acceptors (Lipinski definition) is 17. The average Bonchev–Trinajstić information content (AvgIpc) is 3.74. The van der Waals surface area contributed by atoms with Crippen LogP contribution in [0.25, 0.3) is 6.08 Å². The molecule has 10 N–H and O–H groups in total. The van der Waals surface area contributed by atoms with Crippen LogP contribution >= 0.6 is 23.5 Å². The fraction of sp³-hybridized carbons (Fsp3) is 0.308. The van der Waals surface area contributed by atoms with E-state index in [-0.39, 0.29) is 71.5 Å². The van der Waals surface area contributed by atoms with Gasteiger partial charge >= 0.3 is 35.1 Å². The summed E-state index contributed by atoms with van der Waals surface area (Å²) in [4.78, 5) is 102. The number of phenolic OH excluding ortho intramolecular Hbond substituents is 2. The summed E-state index contributed by atoms with van der Waals surface area (Å²) in [7, 11) is -16.9. The number of aromatic amines is 1. The van der Waals surface area contributed by atoms with Crippen molar-refractivity contribution >= 4 is 47.3 Å². The highest BCUT2D eigenvalue weighted by molar-refractivity contribution is 7.66. The van der Waals surface area contributed by atoms with Gasteiger partial charge in [-0.05, 0) is 49.2 Å². The number of aromatic nitrogens is 2. The van der Waals surface area contributed by atoms with Crippen molar-refractivity contribution in [3.8, 4) is 23.0 Å². The van der Waals surface area contributed by atoms with Crippen molar-refractivity contribution in [3.05, 3.63) is 121 Å². The molecule has 2 unspecified atom stereocenters. The molecule has 0 radical (unpaired) electrons. The monoisotopic (exact) mass is 994 g/mol. The highest BCUT2D eigenvalue weighted by Crippen LogP contribution is 2.66. The number of aromatic hydroxyl groups is 2. The van der Waals surface area contributed by atoms with Gasteiger partial charge in [-0.3, -0.25) is 28.5 Å². The van der Waals surface area contributed by atoms with Crippen molar-refractivity contribution in [2.75, 3.05) is 19.7 Å². The van der Waals surface area contributed by atoms with E-state index in [2.05, 4.69) is 28.8 Å². The highest BCUT2D eigenvalue weighted by atomic mass is 31.3. The SMILES string of the molecule is O=C(CCCCCNC(=O)c1ccc2c(c1)C(=O)OC21c2ccc(O)cc2Oc2cc(O)ccc21)NC/C=C/c1cn([C@H]2C[C@H](O)[C@@H](COP(=O)(O)OP(=O)(O)OP(=O)(O)O)O2)c(=O)[nH]c1=O. The first kappa shape index (κ1) is 49.1. The van der Waals surface area contributed by atoms with Crippen molar-refractivity contribution in [1.82, 2.24) is 20.2 Å². The molecule has 0 aliphatic carbocycles. The van der Waals surface area contributed by atoms with Gasteiger partial charge in [-0.25, -0.2) is 23.3 Å². The van der Waals surface area contributed by atoms with E-state index in [0.29, 0.717) is 36.0 Å². The maximum absolute atomic E-state index is 13.4. The maximum Gasteiger partial charge on any atom is 0.490 e. The van der Waals surface area contributed by atoms with E-state index in [1.165, 1.54) is 42.5 Å². The van der Waals surface area contributed by atoms with Gasteiger partial charge in [0.05, 0.1) is 23.8 Å². The third kappa shape index (κ3) is 11.3. The lowest BCUT2D eigenvalue weighted by Gasteiger charge is -2.36. The molecular weight excluding hydrogens is 953 g/mol. The number of esters is 1. The molecule has 0 bridgehead atoms. The van der Waals surface area contributed by atoms with Crippen LogP contribution in [0.4, 0.5) is 0 Å². The summed E-state index contributed by atoms with van der Waals surface area (Å²) in [5.41, 5.74) is -1.60. The highest BCUT2D eigenvalue weighted by Gasteiger charge is 2.54. The van der Waals surface area contributed by atoms with Crippen molar-refractivity contribution < 1.29 is 90.3 Å². The zero-order chi connectivity index (χ0) is 48.5. The molecule has 25 nitrogen and oxygen atoms in total. The Morgan fingerprint density at radius 1 is 0.866 bits per heavy atom. The van der Waals surface area contributed by atoms with E-state index in [1.54, 1.807) is 24.3 Å². The molecule has 4 aromatic rings. The summed E-state index contributed by atoms with van der Waals surface area (Å²) < 4.78 is 64.6. The van der Waals surface area contributed by atoms with E-state index >= 15 is 0 Å². The molecule has 3 aliphatic rings. The minimum absolute atomic E-state index is 0.00973. The first-order chi connectivity index (χ1) is 31.5. The van der Waals surface area contributed by atoms with Crippen LogP contribution < -0.4 is 26.6 Å². The number of aliphatic hydroxyl groups excluding tert-OH is 1. The van der Waals surface area contributed by atoms with Gasteiger partial charge in [0.2, 0.25) is 5.91 Å². The summed E-state index contributed by atoms with van der Waals surface area (Å²) in [5, 5.41) is 36.1. The average molecular weight is 995 g/mol. The van der Waals surface area contributed by atoms with Crippen LogP contribution in [-0.4, -0.2) is 94.1 Å². The van der Waals surface area contributed by atoms with E-state index in [9.17, 15) is 62.8 Å². The number of amides is 2. The molecule has 7 rings (SSSR count). The lowest BCUT2D eigenvalue weighted by Crippen LogP contribution is -2.33. The van der Waals surface area contributed by atoms with Crippen molar-refractivity contribution in [2.24, 2.45) is 0 Å². The second-order valence-electron chi connectivity index (χ2n) is 15.1. The fourth-order valence-corrected chi connectivity index (χ4v) is 10.6. The fourth-order valence-electron chi connectivity index (χ4n) is 7.53. The molecule has 1 saturated heterocycles. The summed E-state index contributed by atoms with van der Waals surface area (Å²) in [6, 6.07) is 13.4. The van der Waals surface area contributed by atoms with Gasteiger partial charge in [0.25, 0.3) is 11.5 Å². The van der Waals surface area contributed by atoms with Gasteiger partial charge < -0.3 is 59.7 Å². The zero-order valence-corrected chi connectivity index (χ0v) is 37.1. The summed E-state index contributed by atoms with van der Waals surface area (Å²) in [6.45, 7) is -0.720. The lowest BCUT2D eigenvalue weighted by atomic mass is 9.77. The Hall–Kier alpha value is -5.78. The number of nitrogens with one attached hydrogen (secondary N) is 3.